The van der Waals surface area contributed by atoms with Crippen LogP contribution in [0.5, 0.6) is 5.75 Å². The molecule has 2 heterocycles. The van der Waals surface area contributed by atoms with E-state index in [1.807, 2.05) is 0 Å². The van der Waals surface area contributed by atoms with E-state index < -0.39 is 0 Å². The zero-order chi connectivity index (χ0) is 17.6. The van der Waals surface area contributed by atoms with Crippen molar-refractivity contribution < 1.29 is 9.13 Å². The van der Waals surface area contributed by atoms with Gasteiger partial charge < -0.3 is 10.1 Å². The molecule has 0 aliphatic carbocycles. The van der Waals surface area contributed by atoms with Crippen LogP contribution >= 0.6 is 23.2 Å². The van der Waals surface area contributed by atoms with Gasteiger partial charge in [0.25, 0.3) is 0 Å². The monoisotopic (exact) mass is 377 g/mol. The standard InChI is InChI=1S/C18H14Cl2FN3O/c1-25-16-5-2-10(19)8-15(16)24-18-13(6-7-22-18)17(23-24)12-4-3-11(21)9-14(12)20/h2-5,8-9,22H,6-7H2,1H3. The molecule has 0 saturated carbocycles. The molecule has 0 spiro atoms. The van der Waals surface area contributed by atoms with Crippen molar-refractivity contribution >= 4 is 29.0 Å². The molecule has 0 radical (unpaired) electrons. The highest BCUT2D eigenvalue weighted by molar-refractivity contribution is 6.33. The molecule has 1 aliphatic rings. The lowest BCUT2D eigenvalue weighted by molar-refractivity contribution is 0.412. The number of nitrogens with one attached hydrogen (secondary N) is 1. The maximum absolute atomic E-state index is 13.4. The zero-order valence-electron chi connectivity index (χ0n) is 13.3. The number of aromatic nitrogens is 2. The molecule has 3 aromatic rings. The first-order valence-corrected chi connectivity index (χ1v) is 8.49. The molecule has 0 unspecified atom stereocenters. The van der Waals surface area contributed by atoms with Crippen LogP contribution in [0.1, 0.15) is 5.56 Å². The summed E-state index contributed by atoms with van der Waals surface area (Å²) in [5.74, 6) is 1.15. The summed E-state index contributed by atoms with van der Waals surface area (Å²) in [6.45, 7) is 0.794. The quantitative estimate of drug-likeness (QED) is 0.700. The van der Waals surface area contributed by atoms with Gasteiger partial charge >= 0.3 is 0 Å². The number of benzene rings is 2. The summed E-state index contributed by atoms with van der Waals surface area (Å²) in [4.78, 5) is 0. The Balaban J connectivity index is 1.94. The third kappa shape index (κ3) is 2.73. The highest BCUT2D eigenvalue weighted by atomic mass is 35.5. The van der Waals surface area contributed by atoms with Crippen LogP contribution in [-0.2, 0) is 6.42 Å². The van der Waals surface area contributed by atoms with Crippen LogP contribution in [-0.4, -0.2) is 23.4 Å². The Hall–Kier alpha value is -2.24. The van der Waals surface area contributed by atoms with Gasteiger partial charge in [-0.25, -0.2) is 9.07 Å². The van der Waals surface area contributed by atoms with Crippen LogP contribution in [0.4, 0.5) is 10.2 Å². The third-order valence-corrected chi connectivity index (χ3v) is 4.75. The topological polar surface area (TPSA) is 39.1 Å². The first-order chi connectivity index (χ1) is 12.1. The van der Waals surface area contributed by atoms with Crippen molar-refractivity contribution in [3.8, 4) is 22.7 Å². The van der Waals surface area contributed by atoms with Crippen molar-refractivity contribution in [1.82, 2.24) is 9.78 Å². The number of fused-ring (bicyclic) bond motifs is 1. The number of halogens is 3. The van der Waals surface area contributed by atoms with E-state index in [1.54, 1.807) is 36.1 Å². The van der Waals surface area contributed by atoms with Crippen molar-refractivity contribution in [3.63, 3.8) is 0 Å². The highest BCUT2D eigenvalue weighted by Gasteiger charge is 2.26. The van der Waals surface area contributed by atoms with E-state index in [2.05, 4.69) is 5.32 Å². The van der Waals surface area contributed by atoms with Crippen LogP contribution in [0.3, 0.4) is 0 Å². The molecule has 1 aliphatic heterocycles. The Bertz CT molecular complexity index is 971. The lowest BCUT2D eigenvalue weighted by atomic mass is 10.1. The van der Waals surface area contributed by atoms with Crippen LogP contribution in [0, 0.1) is 5.82 Å². The number of nitrogens with zero attached hydrogens (tertiary/aromatic N) is 2. The van der Waals surface area contributed by atoms with E-state index in [0.717, 1.165) is 35.7 Å². The van der Waals surface area contributed by atoms with Crippen LogP contribution in [0.15, 0.2) is 36.4 Å². The van der Waals surface area contributed by atoms with E-state index in [1.165, 1.54) is 12.1 Å². The predicted octanol–water partition coefficient (Wildman–Crippen LogP) is 4.96. The molecule has 0 amide bonds. The number of hydrogen-bond donors (Lipinski definition) is 1. The van der Waals surface area contributed by atoms with E-state index in [4.69, 9.17) is 33.0 Å². The summed E-state index contributed by atoms with van der Waals surface area (Å²) in [5, 5.41) is 8.98. The Morgan fingerprint density at radius 3 is 2.80 bits per heavy atom. The minimum atomic E-state index is -0.375. The van der Waals surface area contributed by atoms with Gasteiger partial charge in [0.05, 0.1) is 17.8 Å². The summed E-state index contributed by atoms with van der Waals surface area (Å²) < 4.78 is 20.6. The predicted molar refractivity (Wildman–Crippen MR) is 97.7 cm³/mol. The smallest absolute Gasteiger partial charge is 0.144 e. The molecule has 0 atom stereocenters. The van der Waals surface area contributed by atoms with Crippen molar-refractivity contribution in [2.75, 3.05) is 19.0 Å². The second-order valence-electron chi connectivity index (χ2n) is 5.70. The molecule has 1 N–H and O–H groups in total. The Morgan fingerprint density at radius 1 is 1.20 bits per heavy atom. The molecule has 2 aromatic carbocycles. The summed E-state index contributed by atoms with van der Waals surface area (Å²) >= 11 is 12.4. The second-order valence-corrected chi connectivity index (χ2v) is 6.55. The number of hydrogen-bond acceptors (Lipinski definition) is 3. The summed E-state index contributed by atoms with van der Waals surface area (Å²) in [6.07, 6.45) is 0.807. The van der Waals surface area contributed by atoms with E-state index in [-0.39, 0.29) is 5.82 Å². The van der Waals surface area contributed by atoms with Gasteiger partial charge in [-0.3, -0.25) is 0 Å². The molecule has 4 rings (SSSR count). The minimum Gasteiger partial charge on any atom is -0.494 e. The SMILES string of the molecule is COc1ccc(Cl)cc1-n1nc(-c2ccc(F)cc2Cl)c2c1NCC2. The maximum Gasteiger partial charge on any atom is 0.144 e. The molecular weight excluding hydrogens is 364 g/mol. The van der Waals surface area contributed by atoms with Crippen molar-refractivity contribution in [2.45, 2.75) is 6.42 Å². The molecule has 25 heavy (non-hydrogen) atoms. The minimum absolute atomic E-state index is 0.331. The first-order valence-electron chi connectivity index (χ1n) is 7.73. The molecule has 4 nitrogen and oxygen atoms in total. The Morgan fingerprint density at radius 2 is 2.04 bits per heavy atom. The summed E-state index contributed by atoms with van der Waals surface area (Å²) in [6, 6.07) is 9.69. The van der Waals surface area contributed by atoms with Gasteiger partial charge in [0, 0.05) is 22.7 Å². The number of anilines is 1. The maximum atomic E-state index is 13.4. The third-order valence-electron chi connectivity index (χ3n) is 4.21. The van der Waals surface area contributed by atoms with Gasteiger partial charge in [-0.2, -0.15) is 5.10 Å². The molecule has 1 aromatic heterocycles. The average molecular weight is 378 g/mol. The molecule has 0 bridgehead atoms. The first kappa shape index (κ1) is 16.2. The van der Waals surface area contributed by atoms with Crippen LogP contribution in [0.25, 0.3) is 16.9 Å². The van der Waals surface area contributed by atoms with Crippen LogP contribution in [0.2, 0.25) is 10.0 Å². The Labute approximate surface area is 154 Å². The molecule has 128 valence electrons. The van der Waals surface area contributed by atoms with Crippen LogP contribution < -0.4 is 10.1 Å². The molecule has 0 fully saturated rings. The van der Waals surface area contributed by atoms with Crippen molar-refractivity contribution in [2.24, 2.45) is 0 Å². The van der Waals surface area contributed by atoms with Gasteiger partial charge in [-0.1, -0.05) is 23.2 Å². The zero-order valence-corrected chi connectivity index (χ0v) is 14.8. The van der Waals surface area contributed by atoms with E-state index in [9.17, 15) is 4.39 Å². The fourth-order valence-electron chi connectivity index (χ4n) is 3.08. The summed E-state index contributed by atoms with van der Waals surface area (Å²) in [5.41, 5.74) is 3.19. The number of ether oxygens (including phenoxy) is 1. The lowest BCUT2D eigenvalue weighted by Gasteiger charge is -2.11. The van der Waals surface area contributed by atoms with E-state index >= 15 is 0 Å². The normalized spacial score (nSPS) is 12.8. The van der Waals surface area contributed by atoms with Crippen molar-refractivity contribution in [3.05, 3.63) is 57.8 Å². The van der Waals surface area contributed by atoms with Gasteiger partial charge in [-0.05, 0) is 42.8 Å². The fraction of sp³-hybridized carbons (Fsp3) is 0.167. The molecule has 0 saturated heterocycles. The van der Waals surface area contributed by atoms with Gasteiger partial charge in [0.2, 0.25) is 0 Å². The average Bonchev–Trinajstić information content (AvgIpc) is 3.18. The lowest BCUT2D eigenvalue weighted by Crippen LogP contribution is -2.06. The van der Waals surface area contributed by atoms with Crippen molar-refractivity contribution in [1.29, 1.82) is 0 Å². The summed E-state index contributed by atoms with van der Waals surface area (Å²) in [7, 11) is 1.60. The largest absolute Gasteiger partial charge is 0.494 e. The van der Waals surface area contributed by atoms with Gasteiger partial charge in [0.1, 0.15) is 23.1 Å². The highest BCUT2D eigenvalue weighted by Crippen LogP contribution is 2.39. The van der Waals surface area contributed by atoms with Gasteiger partial charge in [0.15, 0.2) is 0 Å². The van der Waals surface area contributed by atoms with E-state index in [0.29, 0.717) is 21.4 Å². The second kappa shape index (κ2) is 6.24. The molecular formula is C18H14Cl2FN3O. The number of rotatable bonds is 3. The van der Waals surface area contributed by atoms with Gasteiger partial charge in [-0.15, -0.1) is 0 Å². The fourth-order valence-corrected chi connectivity index (χ4v) is 3.50. The molecule has 7 heteroatoms. The Kier molecular flexibility index (Phi) is 4.06. The number of methoxy groups -OCH3 is 1.